The number of likely N-dealkylation sites (tertiary alicyclic amines) is 1. The number of piperazine rings is 1. The predicted octanol–water partition coefficient (Wildman–Crippen LogP) is 2.85. The highest BCUT2D eigenvalue weighted by Crippen LogP contribution is 2.28. The van der Waals surface area contributed by atoms with Gasteiger partial charge >= 0.3 is 0 Å². The Kier molecular flexibility index (Phi) is 6.84. The Balaban J connectivity index is 1.63. The number of carbonyl (C=O) groups is 1. The van der Waals surface area contributed by atoms with Gasteiger partial charge in [-0.2, -0.15) is 4.31 Å². The van der Waals surface area contributed by atoms with Crippen molar-refractivity contribution in [3.05, 3.63) is 15.8 Å². The van der Waals surface area contributed by atoms with Crippen molar-refractivity contribution in [3.8, 4) is 0 Å². The maximum atomic E-state index is 13.1. The summed E-state index contributed by atoms with van der Waals surface area (Å²) in [5, 5.41) is 0. The summed E-state index contributed by atoms with van der Waals surface area (Å²) < 4.78 is 27.6. The minimum absolute atomic E-state index is 0.192. The van der Waals surface area contributed by atoms with Gasteiger partial charge in [0.15, 0.2) is 0 Å². The summed E-state index contributed by atoms with van der Waals surface area (Å²) in [4.78, 5) is 19.6. The number of hydrogen-bond acceptors (Lipinski definition) is 5. The molecule has 1 aromatic heterocycles. The molecule has 3 rings (SSSR count). The fourth-order valence-electron chi connectivity index (χ4n) is 4.45. The zero-order chi connectivity index (χ0) is 20.5. The van der Waals surface area contributed by atoms with Gasteiger partial charge in [-0.3, -0.25) is 9.69 Å². The van der Waals surface area contributed by atoms with Crippen LogP contribution in [-0.2, 0) is 14.8 Å². The standard InChI is InChI=1S/C20H33N3O3S2/c1-5-18-8-6-7-9-23(18)20(24)16(3)21-10-12-22(13-11-21)28(25,26)19-14-15(2)27-17(19)4/h14,16,18H,5-13H2,1-4H3. The van der Waals surface area contributed by atoms with Crippen LogP contribution in [0.15, 0.2) is 11.0 Å². The van der Waals surface area contributed by atoms with E-state index >= 15 is 0 Å². The number of aryl methyl sites for hydroxylation is 2. The molecule has 0 radical (unpaired) electrons. The molecule has 6 nitrogen and oxygen atoms in total. The zero-order valence-electron chi connectivity index (χ0n) is 17.5. The van der Waals surface area contributed by atoms with Gasteiger partial charge in [-0.1, -0.05) is 6.92 Å². The van der Waals surface area contributed by atoms with Gasteiger partial charge < -0.3 is 4.90 Å². The van der Waals surface area contributed by atoms with E-state index in [1.807, 2.05) is 20.8 Å². The van der Waals surface area contributed by atoms with Crippen LogP contribution in [0.3, 0.4) is 0 Å². The van der Waals surface area contributed by atoms with Crippen LogP contribution in [0.2, 0.25) is 0 Å². The molecule has 0 spiro atoms. The van der Waals surface area contributed by atoms with E-state index in [0.29, 0.717) is 37.1 Å². The molecule has 0 N–H and O–H groups in total. The molecule has 0 bridgehead atoms. The number of amides is 1. The Hall–Kier alpha value is -0.960. The highest BCUT2D eigenvalue weighted by Gasteiger charge is 2.35. The number of rotatable bonds is 5. The van der Waals surface area contributed by atoms with Crippen LogP contribution in [0, 0.1) is 13.8 Å². The van der Waals surface area contributed by atoms with E-state index in [1.54, 1.807) is 10.4 Å². The Morgan fingerprint density at radius 1 is 1.18 bits per heavy atom. The normalized spacial score (nSPS) is 23.7. The van der Waals surface area contributed by atoms with E-state index < -0.39 is 10.0 Å². The van der Waals surface area contributed by atoms with E-state index in [2.05, 4.69) is 16.7 Å². The van der Waals surface area contributed by atoms with Gasteiger partial charge in [0.1, 0.15) is 0 Å². The first kappa shape index (κ1) is 21.7. The van der Waals surface area contributed by atoms with E-state index in [0.717, 1.165) is 35.6 Å². The minimum Gasteiger partial charge on any atom is -0.338 e. The van der Waals surface area contributed by atoms with Crippen molar-refractivity contribution in [3.63, 3.8) is 0 Å². The smallest absolute Gasteiger partial charge is 0.244 e. The van der Waals surface area contributed by atoms with E-state index in [4.69, 9.17) is 0 Å². The molecule has 2 unspecified atom stereocenters. The maximum absolute atomic E-state index is 13.1. The number of piperidine rings is 1. The summed E-state index contributed by atoms with van der Waals surface area (Å²) in [6.07, 6.45) is 4.39. The van der Waals surface area contributed by atoms with Crippen LogP contribution in [0.1, 0.15) is 49.3 Å². The summed E-state index contributed by atoms with van der Waals surface area (Å²) in [7, 11) is -3.45. The lowest BCUT2D eigenvalue weighted by Gasteiger charge is -2.41. The Bertz CT molecular complexity index is 798. The maximum Gasteiger partial charge on any atom is 0.244 e. The highest BCUT2D eigenvalue weighted by atomic mass is 32.2. The quantitative estimate of drug-likeness (QED) is 0.725. The second kappa shape index (κ2) is 8.81. The molecule has 2 aliphatic rings. The molecule has 2 aliphatic heterocycles. The summed E-state index contributed by atoms with van der Waals surface area (Å²) in [5.74, 6) is 0.201. The SMILES string of the molecule is CCC1CCCCN1C(=O)C(C)N1CCN(S(=O)(=O)c2cc(C)sc2C)CC1. The van der Waals surface area contributed by atoms with Crippen molar-refractivity contribution in [1.29, 1.82) is 0 Å². The van der Waals surface area contributed by atoms with Crippen LogP contribution in [-0.4, -0.2) is 73.2 Å². The largest absolute Gasteiger partial charge is 0.338 e. The van der Waals surface area contributed by atoms with Gasteiger partial charge in [0.2, 0.25) is 15.9 Å². The molecule has 0 aliphatic carbocycles. The topological polar surface area (TPSA) is 60.9 Å². The molecule has 2 saturated heterocycles. The number of carbonyl (C=O) groups excluding carboxylic acids is 1. The molecular weight excluding hydrogens is 394 g/mol. The van der Waals surface area contributed by atoms with Crippen LogP contribution in [0.5, 0.6) is 0 Å². The average Bonchev–Trinajstić information content (AvgIpc) is 3.05. The predicted molar refractivity (Wildman–Crippen MR) is 113 cm³/mol. The lowest BCUT2D eigenvalue weighted by atomic mass is 9.99. The third-order valence-electron chi connectivity index (χ3n) is 6.17. The molecule has 0 aromatic carbocycles. The number of thiophene rings is 1. The number of nitrogens with zero attached hydrogens (tertiary/aromatic N) is 3. The highest BCUT2D eigenvalue weighted by molar-refractivity contribution is 7.89. The average molecular weight is 428 g/mol. The first-order valence-corrected chi connectivity index (χ1v) is 12.6. The molecule has 2 atom stereocenters. The summed E-state index contributed by atoms with van der Waals surface area (Å²) in [6.45, 7) is 10.8. The van der Waals surface area contributed by atoms with Crippen molar-refractivity contribution in [2.24, 2.45) is 0 Å². The molecule has 28 heavy (non-hydrogen) atoms. The van der Waals surface area contributed by atoms with Gasteiger partial charge in [0.25, 0.3) is 0 Å². The first-order chi connectivity index (χ1) is 13.3. The van der Waals surface area contributed by atoms with Crippen LogP contribution >= 0.6 is 11.3 Å². The molecule has 3 heterocycles. The molecule has 8 heteroatoms. The molecule has 0 saturated carbocycles. The van der Waals surface area contributed by atoms with Crippen LogP contribution < -0.4 is 0 Å². The van der Waals surface area contributed by atoms with Crippen LogP contribution in [0.4, 0.5) is 0 Å². The second-order valence-corrected chi connectivity index (χ2v) is 11.3. The van der Waals surface area contributed by atoms with Gasteiger partial charge in [-0.25, -0.2) is 8.42 Å². The third kappa shape index (κ3) is 4.30. The lowest BCUT2D eigenvalue weighted by molar-refractivity contribution is -0.140. The first-order valence-electron chi connectivity index (χ1n) is 10.4. The zero-order valence-corrected chi connectivity index (χ0v) is 19.1. The summed E-state index contributed by atoms with van der Waals surface area (Å²) in [5.41, 5.74) is 0. The van der Waals surface area contributed by atoms with Crippen molar-refractivity contribution in [2.75, 3.05) is 32.7 Å². The van der Waals surface area contributed by atoms with E-state index in [-0.39, 0.29) is 11.9 Å². The van der Waals surface area contributed by atoms with Crippen molar-refractivity contribution >= 4 is 27.3 Å². The fourth-order valence-corrected chi connectivity index (χ4v) is 7.39. The number of sulfonamides is 1. The Morgan fingerprint density at radius 2 is 1.86 bits per heavy atom. The molecule has 2 fully saturated rings. The van der Waals surface area contributed by atoms with E-state index in [1.165, 1.54) is 17.8 Å². The third-order valence-corrected chi connectivity index (χ3v) is 9.29. The minimum atomic E-state index is -3.45. The molecule has 1 amide bonds. The van der Waals surface area contributed by atoms with Crippen molar-refractivity contribution in [2.45, 2.75) is 70.4 Å². The molecule has 1 aromatic rings. The fraction of sp³-hybridized carbons (Fsp3) is 0.750. The van der Waals surface area contributed by atoms with Crippen LogP contribution in [0.25, 0.3) is 0 Å². The summed E-state index contributed by atoms with van der Waals surface area (Å²) >= 11 is 1.52. The Morgan fingerprint density at radius 3 is 2.43 bits per heavy atom. The second-order valence-electron chi connectivity index (χ2n) is 7.98. The number of hydrogen-bond donors (Lipinski definition) is 0. The van der Waals surface area contributed by atoms with Crippen molar-refractivity contribution < 1.29 is 13.2 Å². The Labute approximate surface area is 173 Å². The molecular formula is C20H33N3O3S2. The summed E-state index contributed by atoms with van der Waals surface area (Å²) in [6, 6.07) is 1.94. The van der Waals surface area contributed by atoms with Gasteiger partial charge in [-0.15, -0.1) is 11.3 Å². The van der Waals surface area contributed by atoms with Gasteiger partial charge in [0.05, 0.1) is 10.9 Å². The van der Waals surface area contributed by atoms with E-state index in [9.17, 15) is 13.2 Å². The molecule has 158 valence electrons. The monoisotopic (exact) mass is 427 g/mol. The lowest BCUT2D eigenvalue weighted by Crippen LogP contribution is -2.57. The van der Waals surface area contributed by atoms with Gasteiger partial charge in [-0.05, 0) is 52.5 Å². The van der Waals surface area contributed by atoms with Crippen molar-refractivity contribution in [1.82, 2.24) is 14.1 Å². The van der Waals surface area contributed by atoms with Gasteiger partial charge in [0, 0.05) is 48.5 Å².